The van der Waals surface area contributed by atoms with Crippen LogP contribution in [0, 0.1) is 0 Å². The molecule has 1 aromatic carbocycles. The van der Waals surface area contributed by atoms with Crippen molar-refractivity contribution in [1.29, 1.82) is 0 Å². The van der Waals surface area contributed by atoms with Crippen LogP contribution in [-0.2, 0) is 9.53 Å². The molecule has 1 atom stereocenters. The fourth-order valence-electron chi connectivity index (χ4n) is 2.92. The van der Waals surface area contributed by atoms with Crippen LogP contribution in [0.25, 0.3) is 5.69 Å². The van der Waals surface area contributed by atoms with E-state index in [4.69, 9.17) is 16.3 Å². The number of halogens is 1. The van der Waals surface area contributed by atoms with Crippen molar-refractivity contribution in [3.8, 4) is 5.69 Å². The molecule has 1 aliphatic rings. The Balaban J connectivity index is 1.77. The van der Waals surface area contributed by atoms with Crippen LogP contribution >= 0.6 is 11.6 Å². The molecular weight excluding hydrogens is 356 g/mol. The van der Waals surface area contributed by atoms with Gasteiger partial charge in [-0.3, -0.25) is 9.59 Å². The van der Waals surface area contributed by atoms with Gasteiger partial charge in [-0.1, -0.05) is 29.8 Å². The summed E-state index contributed by atoms with van der Waals surface area (Å²) in [6.07, 6.45) is 1.15. The van der Waals surface area contributed by atoms with Gasteiger partial charge in [0.2, 0.25) is 0 Å². The fourth-order valence-corrected chi connectivity index (χ4v) is 3.17. The minimum absolute atomic E-state index is 0.0316. The molecule has 0 aliphatic carbocycles. The zero-order valence-corrected chi connectivity index (χ0v) is 15.5. The first-order valence-corrected chi connectivity index (χ1v) is 8.80. The van der Waals surface area contributed by atoms with Gasteiger partial charge in [-0.2, -0.15) is 9.78 Å². The summed E-state index contributed by atoms with van der Waals surface area (Å²) in [7, 11) is 1.52. The molecule has 0 N–H and O–H groups in total. The smallest absolute Gasteiger partial charge is 0.292 e. The van der Waals surface area contributed by atoms with Crippen LogP contribution in [-0.4, -0.2) is 60.0 Å². The van der Waals surface area contributed by atoms with Crippen LogP contribution in [0.2, 0.25) is 5.02 Å². The Morgan fingerprint density at radius 3 is 2.46 bits per heavy atom. The van der Waals surface area contributed by atoms with Crippen molar-refractivity contribution >= 4 is 23.2 Å². The van der Waals surface area contributed by atoms with Crippen LogP contribution in [0.3, 0.4) is 0 Å². The highest BCUT2D eigenvalue weighted by Gasteiger charge is 2.26. The summed E-state index contributed by atoms with van der Waals surface area (Å²) < 4.78 is 6.37. The predicted molar refractivity (Wildman–Crippen MR) is 100 cm³/mol. The van der Waals surface area contributed by atoms with E-state index in [0.29, 0.717) is 37.6 Å². The van der Waals surface area contributed by atoms with Gasteiger partial charge in [0.05, 0.1) is 17.6 Å². The lowest BCUT2D eigenvalue weighted by Crippen LogP contribution is -2.51. The fraction of sp³-hybridized carbons (Fsp3) is 0.389. The normalized spacial score (nSPS) is 15.8. The number of aromatic nitrogens is 2. The number of hydrogen-bond donors (Lipinski definition) is 0. The Kier molecular flexibility index (Phi) is 5.58. The molecular formula is C18H21ClN4O3. The van der Waals surface area contributed by atoms with E-state index in [1.54, 1.807) is 30.2 Å². The van der Waals surface area contributed by atoms with Crippen molar-refractivity contribution < 1.29 is 9.53 Å². The number of para-hydroxylation sites is 1. The molecule has 0 bridgehead atoms. The van der Waals surface area contributed by atoms with Gasteiger partial charge >= 0.3 is 0 Å². The van der Waals surface area contributed by atoms with E-state index >= 15 is 0 Å². The first-order chi connectivity index (χ1) is 12.5. The maximum Gasteiger partial charge on any atom is 0.292 e. The number of anilines is 1. The van der Waals surface area contributed by atoms with Crippen LogP contribution in [0.1, 0.15) is 6.92 Å². The third-order valence-electron chi connectivity index (χ3n) is 4.53. The predicted octanol–water partition coefficient (Wildman–Crippen LogP) is 1.57. The molecule has 0 saturated carbocycles. The van der Waals surface area contributed by atoms with Crippen LogP contribution in [0.15, 0.2) is 41.3 Å². The molecule has 1 amide bonds. The number of methoxy groups -OCH3 is 1. The number of piperazine rings is 1. The molecule has 0 spiro atoms. The maximum atomic E-state index is 12.6. The molecule has 8 heteroatoms. The van der Waals surface area contributed by atoms with E-state index in [1.807, 2.05) is 23.1 Å². The highest BCUT2D eigenvalue weighted by Crippen LogP contribution is 2.23. The Hall–Kier alpha value is -2.38. The highest BCUT2D eigenvalue weighted by atomic mass is 35.5. The van der Waals surface area contributed by atoms with E-state index in [1.165, 1.54) is 11.8 Å². The van der Waals surface area contributed by atoms with Gasteiger partial charge in [0.1, 0.15) is 11.1 Å². The molecule has 26 heavy (non-hydrogen) atoms. The molecule has 1 unspecified atom stereocenters. The molecule has 1 aromatic heterocycles. The summed E-state index contributed by atoms with van der Waals surface area (Å²) in [5.41, 5.74) is 0.896. The van der Waals surface area contributed by atoms with E-state index < -0.39 is 6.10 Å². The summed E-state index contributed by atoms with van der Waals surface area (Å²) >= 11 is 6.34. The number of carbonyl (C=O) groups excluding carboxylic acids is 1. The van der Waals surface area contributed by atoms with Crippen LogP contribution in [0.5, 0.6) is 0 Å². The summed E-state index contributed by atoms with van der Waals surface area (Å²) in [5.74, 6) is -0.0316. The van der Waals surface area contributed by atoms with Crippen molar-refractivity contribution in [1.82, 2.24) is 14.7 Å². The standard InChI is InChI=1S/C18H21ClN4O3/c1-13(26-2)17(24)22-10-8-21(9-11-22)15-12-20-23(18(25)16(15)19)14-6-4-3-5-7-14/h3-7,12-13H,8-11H2,1-2H3. The molecule has 1 fully saturated rings. The summed E-state index contributed by atoms with van der Waals surface area (Å²) in [6, 6.07) is 9.14. The molecule has 2 aromatic rings. The number of amides is 1. The summed E-state index contributed by atoms with van der Waals surface area (Å²) in [5, 5.41) is 4.39. The molecule has 138 valence electrons. The van der Waals surface area contributed by atoms with Crippen LogP contribution in [0.4, 0.5) is 5.69 Å². The zero-order chi connectivity index (χ0) is 18.7. The van der Waals surface area contributed by atoms with E-state index in [2.05, 4.69) is 5.10 Å². The minimum Gasteiger partial charge on any atom is -0.372 e. The Morgan fingerprint density at radius 1 is 1.19 bits per heavy atom. The Bertz CT molecular complexity index is 832. The van der Waals surface area contributed by atoms with E-state index in [0.717, 1.165) is 0 Å². The van der Waals surface area contributed by atoms with Gasteiger partial charge in [0.25, 0.3) is 11.5 Å². The number of nitrogens with zero attached hydrogens (tertiary/aromatic N) is 4. The SMILES string of the molecule is COC(C)C(=O)N1CCN(c2cnn(-c3ccccc3)c(=O)c2Cl)CC1. The third-order valence-corrected chi connectivity index (χ3v) is 4.89. The zero-order valence-electron chi connectivity index (χ0n) is 14.8. The number of hydrogen-bond acceptors (Lipinski definition) is 5. The number of rotatable bonds is 4. The van der Waals surface area contributed by atoms with Gasteiger partial charge < -0.3 is 14.5 Å². The molecule has 0 radical (unpaired) electrons. The maximum absolute atomic E-state index is 12.6. The van der Waals surface area contributed by atoms with Gasteiger partial charge in [0.15, 0.2) is 0 Å². The molecule has 7 nitrogen and oxygen atoms in total. The van der Waals surface area contributed by atoms with Crippen molar-refractivity contribution in [2.45, 2.75) is 13.0 Å². The Morgan fingerprint density at radius 2 is 1.85 bits per heavy atom. The first kappa shape index (κ1) is 18.4. The highest BCUT2D eigenvalue weighted by molar-refractivity contribution is 6.33. The van der Waals surface area contributed by atoms with Gasteiger partial charge in [-0.05, 0) is 19.1 Å². The minimum atomic E-state index is -0.457. The number of benzene rings is 1. The second-order valence-corrected chi connectivity index (χ2v) is 6.46. The van der Waals surface area contributed by atoms with Crippen molar-refractivity contribution in [2.75, 3.05) is 38.2 Å². The van der Waals surface area contributed by atoms with Crippen molar-refractivity contribution in [3.63, 3.8) is 0 Å². The van der Waals surface area contributed by atoms with Crippen molar-refractivity contribution in [3.05, 3.63) is 51.9 Å². The van der Waals surface area contributed by atoms with Crippen LogP contribution < -0.4 is 10.5 Å². The Labute approximate surface area is 156 Å². The largest absolute Gasteiger partial charge is 0.372 e. The number of carbonyl (C=O) groups is 1. The monoisotopic (exact) mass is 376 g/mol. The van der Waals surface area contributed by atoms with E-state index in [-0.39, 0.29) is 16.5 Å². The second-order valence-electron chi connectivity index (χ2n) is 6.09. The van der Waals surface area contributed by atoms with Crippen molar-refractivity contribution in [2.24, 2.45) is 0 Å². The lowest BCUT2D eigenvalue weighted by Gasteiger charge is -2.37. The molecule has 1 saturated heterocycles. The average Bonchev–Trinajstić information content (AvgIpc) is 2.69. The summed E-state index contributed by atoms with van der Waals surface area (Å²) in [6.45, 7) is 3.99. The lowest BCUT2D eigenvalue weighted by atomic mass is 10.2. The topological polar surface area (TPSA) is 67.7 Å². The first-order valence-electron chi connectivity index (χ1n) is 8.42. The number of ether oxygens (including phenoxy) is 1. The molecule has 2 heterocycles. The molecule has 3 rings (SSSR count). The average molecular weight is 377 g/mol. The van der Waals surface area contributed by atoms with Gasteiger partial charge in [0, 0.05) is 33.3 Å². The quantitative estimate of drug-likeness (QED) is 0.810. The summed E-state index contributed by atoms with van der Waals surface area (Å²) in [4.78, 5) is 28.5. The van der Waals surface area contributed by atoms with E-state index in [9.17, 15) is 9.59 Å². The second kappa shape index (κ2) is 7.88. The van der Waals surface area contributed by atoms with Gasteiger partial charge in [-0.15, -0.1) is 0 Å². The lowest BCUT2D eigenvalue weighted by molar-refractivity contribution is -0.141. The third kappa shape index (κ3) is 3.59. The van der Waals surface area contributed by atoms with Gasteiger partial charge in [-0.25, -0.2) is 0 Å². The molecule has 1 aliphatic heterocycles.